The number of rotatable bonds is 6. The van der Waals surface area contributed by atoms with Crippen LogP contribution in [0.15, 0.2) is 0 Å². The van der Waals surface area contributed by atoms with Crippen molar-refractivity contribution in [2.24, 2.45) is 0 Å². The van der Waals surface area contributed by atoms with Crippen molar-refractivity contribution in [3.05, 3.63) is 0 Å². The Morgan fingerprint density at radius 2 is 1.85 bits per heavy atom. The number of hydrogen-bond acceptors (Lipinski definition) is 3. The summed E-state index contributed by atoms with van der Waals surface area (Å²) in [5.41, 5.74) is 0.123. The topological polar surface area (TPSA) is 46.2 Å². The van der Waals surface area contributed by atoms with Gasteiger partial charge in [0.15, 0.2) is 0 Å². The Morgan fingerprint density at radius 3 is 2.23 bits per heavy atom. The Kier molecular flexibility index (Phi) is 4.92. The summed E-state index contributed by atoms with van der Waals surface area (Å²) in [5.74, 6) is 0.278. The maximum absolute atomic E-state index is 10.8. The monoisotopic (exact) mass is 207 g/mol. The molecular weight excluding hydrogens is 186 g/mol. The lowest BCUT2D eigenvalue weighted by Gasteiger charge is -2.24. The summed E-state index contributed by atoms with van der Waals surface area (Å²) < 4.78 is 21.6. The Balaban J connectivity index is 3.58. The molecule has 0 atom stereocenters. The molecule has 0 aromatic heterocycles. The van der Waals surface area contributed by atoms with Gasteiger partial charge in [0.1, 0.15) is 9.84 Å². The first-order chi connectivity index (χ1) is 5.77. The van der Waals surface area contributed by atoms with Crippen molar-refractivity contribution in [3.63, 3.8) is 0 Å². The van der Waals surface area contributed by atoms with Crippen LogP contribution < -0.4 is 5.32 Å². The summed E-state index contributed by atoms with van der Waals surface area (Å²) >= 11 is 0. The Hall–Kier alpha value is -0.0900. The molecule has 3 nitrogen and oxygen atoms in total. The fourth-order valence-electron chi connectivity index (χ4n) is 0.886. The molecule has 0 aliphatic heterocycles. The van der Waals surface area contributed by atoms with Crippen molar-refractivity contribution >= 4 is 9.84 Å². The molecule has 0 aromatic carbocycles. The lowest BCUT2D eigenvalue weighted by atomic mass is 10.0. The number of sulfone groups is 1. The second kappa shape index (κ2) is 4.96. The van der Waals surface area contributed by atoms with Crippen LogP contribution in [-0.2, 0) is 9.84 Å². The van der Waals surface area contributed by atoms with Gasteiger partial charge in [-0.25, -0.2) is 8.42 Å². The van der Waals surface area contributed by atoms with Crippen LogP contribution in [0.1, 0.15) is 33.6 Å². The minimum absolute atomic E-state index is 0.123. The third-order valence-corrected chi connectivity index (χ3v) is 3.21. The van der Waals surface area contributed by atoms with Crippen LogP contribution in [0.4, 0.5) is 0 Å². The SMILES string of the molecule is CCC(C)(C)NCCCS(C)(=O)=O. The maximum atomic E-state index is 10.8. The van der Waals surface area contributed by atoms with Crippen molar-refractivity contribution in [1.82, 2.24) is 5.32 Å². The largest absolute Gasteiger partial charge is 0.312 e. The van der Waals surface area contributed by atoms with Crippen LogP contribution in [0, 0.1) is 0 Å². The highest BCUT2D eigenvalue weighted by atomic mass is 32.2. The molecule has 0 aromatic rings. The van der Waals surface area contributed by atoms with Gasteiger partial charge in [-0.3, -0.25) is 0 Å². The normalized spacial score (nSPS) is 13.2. The molecule has 0 aliphatic rings. The lowest BCUT2D eigenvalue weighted by Crippen LogP contribution is -2.39. The van der Waals surface area contributed by atoms with Crippen LogP contribution >= 0.6 is 0 Å². The van der Waals surface area contributed by atoms with E-state index in [0.717, 1.165) is 13.0 Å². The average Bonchev–Trinajstić information content (AvgIpc) is 1.97. The van der Waals surface area contributed by atoms with Crippen LogP contribution in [0.5, 0.6) is 0 Å². The third-order valence-electron chi connectivity index (χ3n) is 2.18. The van der Waals surface area contributed by atoms with Crippen molar-refractivity contribution in [3.8, 4) is 0 Å². The zero-order chi connectivity index (χ0) is 10.5. The fourth-order valence-corrected chi connectivity index (χ4v) is 1.55. The second-order valence-corrected chi connectivity index (χ2v) is 6.41. The number of hydrogen-bond donors (Lipinski definition) is 1. The predicted molar refractivity (Wildman–Crippen MR) is 56.7 cm³/mol. The highest BCUT2D eigenvalue weighted by molar-refractivity contribution is 7.90. The molecule has 0 saturated carbocycles. The van der Waals surface area contributed by atoms with Crippen LogP contribution in [-0.4, -0.2) is 32.5 Å². The minimum atomic E-state index is -2.79. The van der Waals surface area contributed by atoms with E-state index in [0.29, 0.717) is 6.42 Å². The van der Waals surface area contributed by atoms with Gasteiger partial charge in [0.2, 0.25) is 0 Å². The molecule has 0 radical (unpaired) electrons. The molecule has 80 valence electrons. The van der Waals surface area contributed by atoms with Gasteiger partial charge >= 0.3 is 0 Å². The molecule has 0 fully saturated rings. The van der Waals surface area contributed by atoms with E-state index in [2.05, 4.69) is 26.1 Å². The molecule has 0 heterocycles. The zero-order valence-corrected chi connectivity index (χ0v) is 9.87. The van der Waals surface area contributed by atoms with Crippen molar-refractivity contribution in [2.45, 2.75) is 39.2 Å². The van der Waals surface area contributed by atoms with Crippen LogP contribution in [0.3, 0.4) is 0 Å². The molecular formula is C9H21NO2S. The predicted octanol–water partition coefficient (Wildman–Crippen LogP) is 1.20. The molecule has 0 saturated heterocycles. The molecule has 0 bridgehead atoms. The molecule has 0 aliphatic carbocycles. The highest BCUT2D eigenvalue weighted by Crippen LogP contribution is 2.06. The Bertz CT molecular complexity index is 232. The van der Waals surface area contributed by atoms with E-state index in [1.807, 2.05) is 0 Å². The lowest BCUT2D eigenvalue weighted by molar-refractivity contribution is 0.377. The van der Waals surface area contributed by atoms with Crippen molar-refractivity contribution in [2.75, 3.05) is 18.6 Å². The summed E-state index contributed by atoms with van der Waals surface area (Å²) in [5, 5.41) is 3.32. The molecule has 0 unspecified atom stereocenters. The standard InChI is InChI=1S/C9H21NO2S/c1-5-9(2,3)10-7-6-8-13(4,11)12/h10H,5-8H2,1-4H3. The summed E-state index contributed by atoms with van der Waals surface area (Å²) in [6.07, 6.45) is 3.02. The van der Waals surface area contributed by atoms with Gasteiger partial charge in [-0.1, -0.05) is 6.92 Å². The van der Waals surface area contributed by atoms with Crippen LogP contribution in [0.25, 0.3) is 0 Å². The first-order valence-corrected chi connectivity index (χ1v) is 6.75. The van der Waals surface area contributed by atoms with E-state index < -0.39 is 9.84 Å². The second-order valence-electron chi connectivity index (χ2n) is 4.15. The van der Waals surface area contributed by atoms with Gasteiger partial charge in [0.25, 0.3) is 0 Å². The van der Waals surface area contributed by atoms with E-state index in [-0.39, 0.29) is 11.3 Å². The first kappa shape index (κ1) is 12.9. The van der Waals surface area contributed by atoms with Gasteiger partial charge in [0.05, 0.1) is 5.75 Å². The molecule has 0 amide bonds. The first-order valence-electron chi connectivity index (χ1n) is 4.69. The van der Waals surface area contributed by atoms with E-state index in [9.17, 15) is 8.42 Å². The molecule has 0 spiro atoms. The summed E-state index contributed by atoms with van der Waals surface area (Å²) in [6.45, 7) is 7.12. The van der Waals surface area contributed by atoms with Crippen LogP contribution in [0.2, 0.25) is 0 Å². The van der Waals surface area contributed by atoms with Gasteiger partial charge in [-0.05, 0) is 33.2 Å². The van der Waals surface area contributed by atoms with E-state index >= 15 is 0 Å². The average molecular weight is 207 g/mol. The van der Waals surface area contributed by atoms with E-state index in [1.165, 1.54) is 6.26 Å². The Labute approximate surface area is 81.8 Å². The van der Waals surface area contributed by atoms with Gasteiger partial charge in [-0.2, -0.15) is 0 Å². The molecule has 1 N–H and O–H groups in total. The summed E-state index contributed by atoms with van der Waals surface area (Å²) in [6, 6.07) is 0. The number of nitrogens with one attached hydrogen (secondary N) is 1. The Morgan fingerprint density at radius 1 is 1.31 bits per heavy atom. The summed E-state index contributed by atoms with van der Waals surface area (Å²) in [7, 11) is -2.79. The minimum Gasteiger partial charge on any atom is -0.312 e. The van der Waals surface area contributed by atoms with Gasteiger partial charge < -0.3 is 5.32 Å². The quantitative estimate of drug-likeness (QED) is 0.666. The fraction of sp³-hybridized carbons (Fsp3) is 1.00. The van der Waals surface area contributed by atoms with Gasteiger partial charge in [0, 0.05) is 11.8 Å². The third kappa shape index (κ3) is 8.25. The smallest absolute Gasteiger partial charge is 0.147 e. The highest BCUT2D eigenvalue weighted by Gasteiger charge is 2.13. The summed E-state index contributed by atoms with van der Waals surface area (Å²) in [4.78, 5) is 0. The van der Waals surface area contributed by atoms with Crippen molar-refractivity contribution in [1.29, 1.82) is 0 Å². The molecule has 4 heteroatoms. The zero-order valence-electron chi connectivity index (χ0n) is 9.05. The van der Waals surface area contributed by atoms with E-state index in [4.69, 9.17) is 0 Å². The van der Waals surface area contributed by atoms with Gasteiger partial charge in [-0.15, -0.1) is 0 Å². The molecule has 0 rings (SSSR count). The molecule has 13 heavy (non-hydrogen) atoms. The van der Waals surface area contributed by atoms with Crippen molar-refractivity contribution < 1.29 is 8.42 Å². The van der Waals surface area contributed by atoms with E-state index in [1.54, 1.807) is 0 Å². The maximum Gasteiger partial charge on any atom is 0.147 e.